The molecule has 4 fully saturated rings. The summed E-state index contributed by atoms with van der Waals surface area (Å²) >= 11 is 1.94. The second-order valence-electron chi connectivity index (χ2n) is 18.4. The Morgan fingerprint density at radius 3 is 1.91 bits per heavy atom. The molecule has 4 heterocycles. The van der Waals surface area contributed by atoms with E-state index in [1.54, 1.807) is 6.33 Å². The maximum absolute atomic E-state index is 11.5. The van der Waals surface area contributed by atoms with E-state index >= 15 is 0 Å². The number of carbonyl (C=O) groups excluding carboxylic acids is 2. The molecule has 322 valence electrons. The normalized spacial score (nSPS) is 20.4. The van der Waals surface area contributed by atoms with Crippen molar-refractivity contribution in [1.82, 2.24) is 25.6 Å². The molecule has 2 saturated carbocycles. The number of hydrogen-bond acceptors (Lipinski definition) is 5. The lowest BCUT2D eigenvalue weighted by atomic mass is 9.82. The first-order valence-corrected chi connectivity index (χ1v) is 23.4. The highest BCUT2D eigenvalue weighted by atomic mass is 32.2. The molecule has 0 aromatic carbocycles. The molecule has 0 bridgehead atoms. The van der Waals surface area contributed by atoms with Crippen LogP contribution in [0, 0.1) is 41.4 Å². The van der Waals surface area contributed by atoms with Crippen LogP contribution in [0.2, 0.25) is 0 Å². The number of aromatic nitrogens is 3. The quantitative estimate of drug-likeness (QED) is 0.138. The van der Waals surface area contributed by atoms with E-state index in [1.807, 2.05) is 50.3 Å². The minimum Gasteiger partial charge on any atom is -0.348 e. The van der Waals surface area contributed by atoms with Crippen molar-refractivity contribution in [3.05, 3.63) is 48.3 Å². The Morgan fingerprint density at radius 2 is 1.43 bits per heavy atom. The largest absolute Gasteiger partial charge is 0.348 e. The van der Waals surface area contributed by atoms with Gasteiger partial charge in [0.2, 0.25) is 0 Å². The highest BCUT2D eigenvalue weighted by Crippen LogP contribution is 2.33. The Bertz CT molecular complexity index is 1240. The molecule has 2 amide bonds. The van der Waals surface area contributed by atoms with Crippen molar-refractivity contribution in [3.63, 3.8) is 0 Å². The van der Waals surface area contributed by atoms with Gasteiger partial charge in [-0.2, -0.15) is 11.8 Å². The Morgan fingerprint density at radius 1 is 0.804 bits per heavy atom. The van der Waals surface area contributed by atoms with Crippen LogP contribution < -0.4 is 10.6 Å². The van der Waals surface area contributed by atoms with Gasteiger partial charge in [0, 0.05) is 47.6 Å². The first kappa shape index (κ1) is 51.7. The third kappa shape index (κ3) is 22.6. The number of carbonyl (C=O) groups is 2. The fourth-order valence-electron chi connectivity index (χ4n) is 7.86. The van der Waals surface area contributed by atoms with E-state index in [9.17, 15) is 9.59 Å². The van der Waals surface area contributed by atoms with Crippen LogP contribution >= 0.6 is 11.8 Å². The zero-order valence-electron chi connectivity index (χ0n) is 36.9. The molecule has 7 nitrogen and oxygen atoms in total. The lowest BCUT2D eigenvalue weighted by molar-refractivity contribution is -0.122. The van der Waals surface area contributed by atoms with E-state index in [4.69, 9.17) is 0 Å². The summed E-state index contributed by atoms with van der Waals surface area (Å²) in [5.41, 5.74) is 2.58. The lowest BCUT2D eigenvalue weighted by Gasteiger charge is -2.24. The summed E-state index contributed by atoms with van der Waals surface area (Å²) in [4.78, 5) is 33.8. The molecule has 2 aliphatic carbocycles. The molecule has 3 atom stereocenters. The molecule has 0 spiro atoms. The average molecular weight is 798 g/mol. The smallest absolute Gasteiger partial charge is 0.315 e. The number of rotatable bonds is 13. The fourth-order valence-corrected chi connectivity index (χ4v) is 9.40. The molecule has 2 aromatic heterocycles. The summed E-state index contributed by atoms with van der Waals surface area (Å²) in [6.07, 6.45) is 28.1. The minimum absolute atomic E-state index is 0. The maximum Gasteiger partial charge on any atom is 0.315 e. The number of Topliss-reactive ketones (excluding diaryl/α,β-unsaturated/α-hetero) is 1. The van der Waals surface area contributed by atoms with Crippen molar-refractivity contribution < 1.29 is 9.59 Å². The third-order valence-electron chi connectivity index (χ3n) is 11.6. The summed E-state index contributed by atoms with van der Waals surface area (Å²) in [5.74, 6) is 7.04. The van der Waals surface area contributed by atoms with Gasteiger partial charge in [0.05, 0.1) is 18.4 Å². The van der Waals surface area contributed by atoms with Gasteiger partial charge in [-0.3, -0.25) is 9.78 Å². The number of ketones is 1. The van der Waals surface area contributed by atoms with E-state index in [2.05, 4.69) is 87.0 Å². The predicted molar refractivity (Wildman–Crippen MR) is 243 cm³/mol. The highest BCUT2D eigenvalue weighted by molar-refractivity contribution is 8.00. The van der Waals surface area contributed by atoms with Crippen molar-refractivity contribution in [2.45, 2.75) is 197 Å². The van der Waals surface area contributed by atoms with E-state index in [0.29, 0.717) is 29.5 Å². The van der Waals surface area contributed by atoms with E-state index in [1.165, 1.54) is 75.5 Å². The molecule has 2 aliphatic heterocycles. The third-order valence-corrected chi connectivity index (χ3v) is 13.1. The molecule has 0 radical (unpaired) electrons. The number of pyridine rings is 1. The molecule has 2 saturated heterocycles. The second kappa shape index (κ2) is 29.8. The number of thioether (sulfide) groups is 1. The molecule has 56 heavy (non-hydrogen) atoms. The number of nitrogens with one attached hydrogen (secondary N) is 3. The van der Waals surface area contributed by atoms with Crippen molar-refractivity contribution >= 4 is 23.6 Å². The summed E-state index contributed by atoms with van der Waals surface area (Å²) in [6, 6.07) is 4.68. The first-order chi connectivity index (χ1) is 26.3. The van der Waals surface area contributed by atoms with Gasteiger partial charge < -0.3 is 15.6 Å². The van der Waals surface area contributed by atoms with Crippen LogP contribution in [0.1, 0.15) is 178 Å². The average Bonchev–Trinajstić information content (AvgIpc) is 3.99. The van der Waals surface area contributed by atoms with Gasteiger partial charge in [-0.25, -0.2) is 9.78 Å². The number of amides is 2. The molecule has 2 aromatic rings. The molecule has 4 aliphatic rings. The number of fused-ring (bicyclic) bond motifs is 1. The van der Waals surface area contributed by atoms with Crippen molar-refractivity contribution in [3.8, 4) is 0 Å². The van der Waals surface area contributed by atoms with E-state index in [0.717, 1.165) is 73.4 Å². The number of urea groups is 1. The Labute approximate surface area is 349 Å². The number of aryl methyl sites for hydroxylation is 1. The van der Waals surface area contributed by atoms with E-state index in [-0.39, 0.29) is 19.4 Å². The first-order valence-electron chi connectivity index (χ1n) is 22.3. The number of unbranched alkanes of at least 4 members (excludes halogenated alkanes) is 1. The summed E-state index contributed by atoms with van der Waals surface area (Å²) in [5, 5.41) is 6.46. The highest BCUT2D eigenvalue weighted by Gasteiger charge is 2.42. The van der Waals surface area contributed by atoms with Crippen molar-refractivity contribution in [1.29, 1.82) is 0 Å². The standard InChI is InChI=1S/C13H22N2O2S.C9H13N.C9H18.C8H14N2.C8H16.CH4/c1-8(2)10(16)5-3-4-6-11-12-9(7-18-11)14-13(17)15-12;1-8(2)6-9-4-3-5-10-7-9;1-8(2)9-6-4-3-5-7-9;1-7(2)3-4-8-5-9-6-10-8;1-7(2)8-5-3-4-6-8;/h8-9,11-12H,3-7H2,1-2H3,(H2,14,15,17);3-5,7-8H,6H2,1-2H3;8-9H,3-7H2,1-2H3;5-7H,3-4H2,1-2H3,(H,9,10);7-8H,3-6H2,1-2H3;1H4/t9?,11-,12?;;;;;/m0...../s1. The SMILES string of the molecule is C.CC(C)C(=O)CCCC[C@@H]1SCC2NC(=O)NC21.CC(C)C1CCCC1.CC(C)C1CCCCC1.CC(C)CCc1cnc[nH]1.CC(C)Cc1cccnc1. The molecule has 2 unspecified atom stereocenters. The van der Waals surface area contributed by atoms with Gasteiger partial charge in [0.25, 0.3) is 0 Å². The Balaban J connectivity index is 0.000000362. The van der Waals surface area contributed by atoms with Crippen LogP contribution in [0.15, 0.2) is 37.1 Å². The van der Waals surface area contributed by atoms with Crippen LogP contribution in [-0.4, -0.2) is 49.9 Å². The number of nitrogens with zero attached hydrogens (tertiary/aromatic N) is 2. The summed E-state index contributed by atoms with van der Waals surface area (Å²) in [6.45, 7) is 22.2. The van der Waals surface area contributed by atoms with Crippen LogP contribution in [0.4, 0.5) is 4.79 Å². The molecule has 6 rings (SSSR count). The Kier molecular flexibility index (Phi) is 27.5. The van der Waals surface area contributed by atoms with E-state index < -0.39 is 0 Å². The number of hydrogen-bond donors (Lipinski definition) is 3. The lowest BCUT2D eigenvalue weighted by Crippen LogP contribution is -2.36. The van der Waals surface area contributed by atoms with Crippen molar-refractivity contribution in [2.75, 3.05) is 5.75 Å². The van der Waals surface area contributed by atoms with Crippen LogP contribution in [-0.2, 0) is 17.6 Å². The number of H-pyrrole nitrogens is 1. The van der Waals surface area contributed by atoms with Crippen LogP contribution in [0.3, 0.4) is 0 Å². The summed E-state index contributed by atoms with van der Waals surface area (Å²) in [7, 11) is 0. The topological polar surface area (TPSA) is 99.8 Å². The number of aromatic amines is 1. The predicted octanol–water partition coefficient (Wildman–Crippen LogP) is 12.9. The van der Waals surface area contributed by atoms with Crippen LogP contribution in [0.5, 0.6) is 0 Å². The number of imidazole rings is 1. The van der Waals surface area contributed by atoms with Crippen LogP contribution in [0.25, 0.3) is 0 Å². The fraction of sp³-hybridized carbons (Fsp3) is 0.792. The monoisotopic (exact) mass is 798 g/mol. The summed E-state index contributed by atoms with van der Waals surface area (Å²) < 4.78 is 0. The van der Waals surface area contributed by atoms with Gasteiger partial charge >= 0.3 is 6.03 Å². The zero-order chi connectivity index (χ0) is 40.6. The van der Waals surface area contributed by atoms with Gasteiger partial charge in [-0.1, -0.05) is 147 Å². The molecule has 8 heteroatoms. The minimum atomic E-state index is -0.0229. The molecular formula is C48H87N5O2S. The van der Waals surface area contributed by atoms with Gasteiger partial charge in [0.1, 0.15) is 5.78 Å². The van der Waals surface area contributed by atoms with Gasteiger partial charge in [-0.05, 0) is 79.2 Å². The van der Waals surface area contributed by atoms with Crippen molar-refractivity contribution in [2.24, 2.45) is 41.4 Å². The molecular weight excluding hydrogens is 711 g/mol. The maximum atomic E-state index is 11.5. The zero-order valence-corrected chi connectivity index (χ0v) is 37.7. The van der Waals surface area contributed by atoms with Gasteiger partial charge in [-0.15, -0.1) is 0 Å². The van der Waals surface area contributed by atoms with Gasteiger partial charge in [0.15, 0.2) is 0 Å². The second-order valence-corrected chi connectivity index (χ2v) is 19.7. The Hall–Kier alpha value is -2.35. The molecule has 3 N–H and O–H groups in total.